The zero-order chi connectivity index (χ0) is 7.98. The third-order valence-corrected chi connectivity index (χ3v) is 1.94. The summed E-state index contributed by atoms with van der Waals surface area (Å²) in [7, 11) is 0. The molecule has 0 aromatic rings. The van der Waals surface area contributed by atoms with Crippen LogP contribution in [0.25, 0.3) is 0 Å². The van der Waals surface area contributed by atoms with Gasteiger partial charge in [0, 0.05) is 19.5 Å². The SMILES string of the molecule is CCN(CC)C(=S)CCN. The molecule has 0 amide bonds. The van der Waals surface area contributed by atoms with Gasteiger partial charge in [-0.2, -0.15) is 0 Å². The molecule has 3 heteroatoms. The maximum Gasteiger partial charge on any atom is 0.0791 e. The van der Waals surface area contributed by atoms with Crippen LogP contribution < -0.4 is 5.73 Å². The van der Waals surface area contributed by atoms with Crippen LogP contribution in [0.1, 0.15) is 20.3 Å². The molecule has 0 aliphatic carbocycles. The van der Waals surface area contributed by atoms with E-state index in [1.54, 1.807) is 0 Å². The highest BCUT2D eigenvalue weighted by atomic mass is 32.1. The average Bonchev–Trinajstić information content (AvgIpc) is 1.91. The van der Waals surface area contributed by atoms with Crippen molar-refractivity contribution in [1.82, 2.24) is 4.90 Å². The van der Waals surface area contributed by atoms with E-state index in [4.69, 9.17) is 18.0 Å². The Morgan fingerprint density at radius 3 is 2.20 bits per heavy atom. The van der Waals surface area contributed by atoms with Crippen molar-refractivity contribution in [3.05, 3.63) is 0 Å². The molecule has 0 aliphatic rings. The monoisotopic (exact) mass is 160 g/mol. The average molecular weight is 160 g/mol. The first-order chi connectivity index (χ1) is 4.76. The Morgan fingerprint density at radius 1 is 1.40 bits per heavy atom. The van der Waals surface area contributed by atoms with Gasteiger partial charge in [-0.15, -0.1) is 0 Å². The first-order valence-electron chi connectivity index (χ1n) is 3.74. The van der Waals surface area contributed by atoms with Gasteiger partial charge in [0.2, 0.25) is 0 Å². The molecule has 0 fully saturated rings. The lowest BCUT2D eigenvalue weighted by atomic mass is 10.4. The van der Waals surface area contributed by atoms with Crippen LogP contribution in [-0.4, -0.2) is 29.5 Å². The van der Waals surface area contributed by atoms with Gasteiger partial charge in [0.15, 0.2) is 0 Å². The largest absolute Gasteiger partial charge is 0.367 e. The lowest BCUT2D eigenvalue weighted by Crippen LogP contribution is -2.30. The second-order valence-corrected chi connectivity index (χ2v) is 2.58. The molecule has 0 saturated heterocycles. The Hall–Kier alpha value is -0.150. The minimum Gasteiger partial charge on any atom is -0.367 e. The number of thiocarbonyl (C=S) groups is 1. The molecule has 0 heterocycles. The zero-order valence-electron chi connectivity index (χ0n) is 6.76. The third-order valence-electron chi connectivity index (χ3n) is 1.47. The predicted molar refractivity (Wildman–Crippen MR) is 49.2 cm³/mol. The van der Waals surface area contributed by atoms with Gasteiger partial charge in [-0.3, -0.25) is 0 Å². The van der Waals surface area contributed by atoms with E-state index in [0.717, 1.165) is 24.5 Å². The Bertz CT molecular complexity index is 99.8. The van der Waals surface area contributed by atoms with E-state index in [-0.39, 0.29) is 0 Å². The van der Waals surface area contributed by atoms with Crippen LogP contribution in [0.2, 0.25) is 0 Å². The van der Waals surface area contributed by atoms with Gasteiger partial charge in [0.25, 0.3) is 0 Å². The van der Waals surface area contributed by atoms with Crippen molar-refractivity contribution in [3.8, 4) is 0 Å². The first kappa shape index (κ1) is 9.85. The van der Waals surface area contributed by atoms with Gasteiger partial charge in [0.05, 0.1) is 4.99 Å². The number of hydrogen-bond acceptors (Lipinski definition) is 2. The van der Waals surface area contributed by atoms with E-state index in [1.165, 1.54) is 0 Å². The summed E-state index contributed by atoms with van der Waals surface area (Å²) < 4.78 is 0. The van der Waals surface area contributed by atoms with E-state index in [0.29, 0.717) is 6.54 Å². The van der Waals surface area contributed by atoms with Crippen LogP contribution in [-0.2, 0) is 0 Å². The molecule has 0 aliphatic heterocycles. The van der Waals surface area contributed by atoms with Gasteiger partial charge in [0.1, 0.15) is 0 Å². The molecular weight excluding hydrogens is 144 g/mol. The maximum absolute atomic E-state index is 5.36. The molecule has 2 N–H and O–H groups in total. The van der Waals surface area contributed by atoms with E-state index in [9.17, 15) is 0 Å². The highest BCUT2D eigenvalue weighted by Gasteiger charge is 2.01. The highest BCUT2D eigenvalue weighted by Crippen LogP contribution is 1.94. The number of nitrogens with zero attached hydrogens (tertiary/aromatic N) is 1. The van der Waals surface area contributed by atoms with E-state index in [1.807, 2.05) is 0 Å². The van der Waals surface area contributed by atoms with E-state index in [2.05, 4.69) is 18.7 Å². The van der Waals surface area contributed by atoms with Crippen molar-refractivity contribution in [3.63, 3.8) is 0 Å². The van der Waals surface area contributed by atoms with Crippen molar-refractivity contribution in [2.45, 2.75) is 20.3 Å². The number of hydrogen-bond donors (Lipinski definition) is 1. The summed E-state index contributed by atoms with van der Waals surface area (Å²) in [6.07, 6.45) is 0.844. The normalized spacial score (nSPS) is 9.50. The van der Waals surface area contributed by atoms with Crippen molar-refractivity contribution >= 4 is 17.2 Å². The molecule has 0 aromatic heterocycles. The lowest BCUT2D eigenvalue weighted by molar-refractivity contribution is 0.464. The Balaban J connectivity index is 3.65. The summed E-state index contributed by atoms with van der Waals surface area (Å²) in [5, 5.41) is 0. The molecule has 60 valence electrons. The number of nitrogens with two attached hydrogens (primary N) is 1. The van der Waals surface area contributed by atoms with Crippen LogP contribution in [0.5, 0.6) is 0 Å². The molecule has 0 spiro atoms. The van der Waals surface area contributed by atoms with Gasteiger partial charge in [-0.05, 0) is 20.4 Å². The summed E-state index contributed by atoms with van der Waals surface area (Å²) in [5.41, 5.74) is 5.36. The van der Waals surface area contributed by atoms with E-state index >= 15 is 0 Å². The molecule has 0 radical (unpaired) electrons. The molecule has 2 nitrogen and oxygen atoms in total. The standard InChI is InChI=1S/C7H16N2S/c1-3-9(4-2)7(10)5-6-8/h3-6,8H2,1-2H3. The molecule has 0 saturated carbocycles. The molecule has 0 aromatic carbocycles. The Kier molecular flexibility index (Phi) is 5.54. The summed E-state index contributed by atoms with van der Waals surface area (Å²) in [6.45, 7) is 6.86. The topological polar surface area (TPSA) is 29.3 Å². The van der Waals surface area contributed by atoms with Gasteiger partial charge >= 0.3 is 0 Å². The van der Waals surface area contributed by atoms with Crippen molar-refractivity contribution in [1.29, 1.82) is 0 Å². The van der Waals surface area contributed by atoms with Crippen LogP contribution in [0.3, 0.4) is 0 Å². The molecule has 0 unspecified atom stereocenters. The summed E-state index contributed by atoms with van der Waals surface area (Å²) in [4.78, 5) is 3.15. The molecule has 10 heavy (non-hydrogen) atoms. The third kappa shape index (κ3) is 3.13. The fraction of sp³-hybridized carbons (Fsp3) is 0.857. The smallest absolute Gasteiger partial charge is 0.0791 e. The van der Waals surface area contributed by atoms with Gasteiger partial charge in [-0.1, -0.05) is 12.2 Å². The lowest BCUT2D eigenvalue weighted by Gasteiger charge is -2.20. The number of rotatable bonds is 4. The minimum atomic E-state index is 0.662. The van der Waals surface area contributed by atoms with Crippen molar-refractivity contribution < 1.29 is 0 Å². The van der Waals surface area contributed by atoms with Crippen LogP contribution in [0.4, 0.5) is 0 Å². The predicted octanol–water partition coefficient (Wildman–Crippen LogP) is 1.00. The molecule has 0 rings (SSSR count). The minimum absolute atomic E-state index is 0.662. The molecule has 0 bridgehead atoms. The van der Waals surface area contributed by atoms with Crippen LogP contribution in [0, 0.1) is 0 Å². The Labute approximate surface area is 68.4 Å². The van der Waals surface area contributed by atoms with E-state index < -0.39 is 0 Å². The fourth-order valence-corrected chi connectivity index (χ4v) is 1.23. The summed E-state index contributed by atoms with van der Waals surface area (Å²) >= 11 is 5.12. The Morgan fingerprint density at radius 2 is 1.90 bits per heavy atom. The summed E-state index contributed by atoms with van der Waals surface area (Å²) in [5.74, 6) is 0. The van der Waals surface area contributed by atoms with Gasteiger partial charge in [-0.25, -0.2) is 0 Å². The van der Waals surface area contributed by atoms with Crippen molar-refractivity contribution in [2.75, 3.05) is 19.6 Å². The molecule has 0 atom stereocenters. The van der Waals surface area contributed by atoms with Crippen LogP contribution in [0.15, 0.2) is 0 Å². The second kappa shape index (κ2) is 5.62. The van der Waals surface area contributed by atoms with Crippen molar-refractivity contribution in [2.24, 2.45) is 5.73 Å². The fourth-order valence-electron chi connectivity index (χ4n) is 0.858. The zero-order valence-corrected chi connectivity index (χ0v) is 7.58. The first-order valence-corrected chi connectivity index (χ1v) is 4.14. The van der Waals surface area contributed by atoms with Gasteiger partial charge < -0.3 is 10.6 Å². The summed E-state index contributed by atoms with van der Waals surface area (Å²) in [6, 6.07) is 0. The van der Waals surface area contributed by atoms with Crippen LogP contribution >= 0.6 is 12.2 Å². The quantitative estimate of drug-likeness (QED) is 0.622. The molecular formula is C7H16N2S. The second-order valence-electron chi connectivity index (χ2n) is 2.10. The highest BCUT2D eigenvalue weighted by molar-refractivity contribution is 7.80. The maximum atomic E-state index is 5.36.